The van der Waals surface area contributed by atoms with E-state index in [4.69, 9.17) is 4.42 Å². The summed E-state index contributed by atoms with van der Waals surface area (Å²) >= 11 is 0. The van der Waals surface area contributed by atoms with Crippen molar-refractivity contribution in [2.45, 2.75) is 39.3 Å². The molecule has 1 aliphatic rings. The first-order chi connectivity index (χ1) is 8.20. The summed E-state index contributed by atoms with van der Waals surface area (Å²) in [6.07, 6.45) is 2.69. The second-order valence-corrected chi connectivity index (χ2v) is 5.14. The van der Waals surface area contributed by atoms with Crippen LogP contribution in [0.1, 0.15) is 31.3 Å². The Bertz CT molecular complexity index is 348. The first-order valence-corrected chi connectivity index (χ1v) is 6.67. The van der Waals surface area contributed by atoms with Gasteiger partial charge in [-0.25, -0.2) is 0 Å². The van der Waals surface area contributed by atoms with Crippen LogP contribution in [0.2, 0.25) is 0 Å². The molecule has 0 radical (unpaired) electrons. The molecule has 0 aliphatic heterocycles. The number of nitrogens with zero attached hydrogens (tertiary/aromatic N) is 1. The maximum atomic E-state index is 5.63. The van der Waals surface area contributed by atoms with Gasteiger partial charge in [0.15, 0.2) is 0 Å². The van der Waals surface area contributed by atoms with E-state index in [2.05, 4.69) is 30.3 Å². The number of aryl methyl sites for hydroxylation is 1. The number of nitrogens with one attached hydrogen (secondary N) is 1. The standard InChI is InChI=1S/C14H24N2O/c1-4-15-9-12-6-8-14(12)16(3)10-13-7-5-11(2)17-13/h5,7,12,14-15H,4,6,8-10H2,1-3H3. The van der Waals surface area contributed by atoms with Crippen molar-refractivity contribution in [1.29, 1.82) is 0 Å². The molecular formula is C14H24N2O. The molecule has 2 atom stereocenters. The topological polar surface area (TPSA) is 28.4 Å². The van der Waals surface area contributed by atoms with Crippen molar-refractivity contribution < 1.29 is 4.42 Å². The molecule has 3 heteroatoms. The fourth-order valence-electron chi connectivity index (χ4n) is 2.63. The zero-order valence-electron chi connectivity index (χ0n) is 11.2. The molecule has 1 heterocycles. The van der Waals surface area contributed by atoms with E-state index in [-0.39, 0.29) is 0 Å². The van der Waals surface area contributed by atoms with Gasteiger partial charge in [-0.2, -0.15) is 0 Å². The summed E-state index contributed by atoms with van der Waals surface area (Å²) in [6.45, 7) is 7.33. The van der Waals surface area contributed by atoms with E-state index < -0.39 is 0 Å². The van der Waals surface area contributed by atoms with E-state index in [0.717, 1.165) is 43.1 Å². The normalized spacial score (nSPS) is 24.0. The van der Waals surface area contributed by atoms with Crippen molar-refractivity contribution in [2.24, 2.45) is 5.92 Å². The minimum atomic E-state index is 0.722. The van der Waals surface area contributed by atoms with Crippen molar-refractivity contribution in [1.82, 2.24) is 10.2 Å². The van der Waals surface area contributed by atoms with Crippen LogP contribution in [-0.4, -0.2) is 31.1 Å². The Morgan fingerprint density at radius 3 is 2.76 bits per heavy atom. The molecule has 0 bridgehead atoms. The lowest BCUT2D eigenvalue weighted by Gasteiger charge is -2.42. The lowest BCUT2D eigenvalue weighted by Crippen LogP contribution is -2.48. The SMILES string of the molecule is CCNCC1CCC1N(C)Cc1ccc(C)o1. The molecule has 0 spiro atoms. The summed E-state index contributed by atoms with van der Waals surface area (Å²) in [4.78, 5) is 2.43. The third-order valence-corrected chi connectivity index (χ3v) is 3.80. The van der Waals surface area contributed by atoms with Crippen LogP contribution >= 0.6 is 0 Å². The Kier molecular flexibility index (Phi) is 4.24. The van der Waals surface area contributed by atoms with Crippen LogP contribution in [0.5, 0.6) is 0 Å². The number of rotatable bonds is 6. The van der Waals surface area contributed by atoms with Crippen LogP contribution in [0.3, 0.4) is 0 Å². The van der Waals surface area contributed by atoms with E-state index in [1.165, 1.54) is 12.8 Å². The summed E-state index contributed by atoms with van der Waals surface area (Å²) < 4.78 is 5.63. The zero-order valence-corrected chi connectivity index (χ0v) is 11.2. The minimum absolute atomic E-state index is 0.722. The van der Waals surface area contributed by atoms with Gasteiger partial charge in [0.05, 0.1) is 6.54 Å². The van der Waals surface area contributed by atoms with Gasteiger partial charge in [-0.3, -0.25) is 4.90 Å². The molecule has 1 aromatic heterocycles. The van der Waals surface area contributed by atoms with Crippen LogP contribution in [0, 0.1) is 12.8 Å². The Morgan fingerprint density at radius 1 is 1.41 bits per heavy atom. The molecule has 17 heavy (non-hydrogen) atoms. The fraction of sp³-hybridized carbons (Fsp3) is 0.714. The number of furan rings is 1. The van der Waals surface area contributed by atoms with Gasteiger partial charge >= 0.3 is 0 Å². The molecule has 3 nitrogen and oxygen atoms in total. The quantitative estimate of drug-likeness (QED) is 0.822. The van der Waals surface area contributed by atoms with E-state index >= 15 is 0 Å². The van der Waals surface area contributed by atoms with Crippen molar-refractivity contribution in [2.75, 3.05) is 20.1 Å². The highest BCUT2D eigenvalue weighted by molar-refractivity contribution is 5.06. The molecule has 1 aliphatic carbocycles. The average molecular weight is 236 g/mol. The van der Waals surface area contributed by atoms with Crippen molar-refractivity contribution in [3.05, 3.63) is 23.7 Å². The molecule has 96 valence electrons. The molecular weight excluding hydrogens is 212 g/mol. The highest BCUT2D eigenvalue weighted by atomic mass is 16.3. The van der Waals surface area contributed by atoms with Gasteiger partial charge in [-0.05, 0) is 58.0 Å². The molecule has 0 saturated heterocycles. The highest BCUT2D eigenvalue weighted by Crippen LogP contribution is 2.31. The van der Waals surface area contributed by atoms with Crippen LogP contribution < -0.4 is 5.32 Å². The lowest BCUT2D eigenvalue weighted by atomic mass is 9.78. The molecule has 1 fully saturated rings. The fourth-order valence-corrected chi connectivity index (χ4v) is 2.63. The summed E-state index contributed by atoms with van der Waals surface area (Å²) in [6, 6.07) is 4.85. The predicted octanol–water partition coefficient (Wildman–Crippen LogP) is 2.41. The molecule has 2 unspecified atom stereocenters. The van der Waals surface area contributed by atoms with E-state index in [9.17, 15) is 0 Å². The molecule has 0 aromatic carbocycles. The molecule has 1 N–H and O–H groups in total. The van der Waals surface area contributed by atoms with Crippen LogP contribution in [0.4, 0.5) is 0 Å². The summed E-state index contributed by atoms with van der Waals surface area (Å²) in [7, 11) is 2.21. The van der Waals surface area contributed by atoms with Crippen molar-refractivity contribution in [3.63, 3.8) is 0 Å². The smallest absolute Gasteiger partial charge is 0.118 e. The van der Waals surface area contributed by atoms with Crippen LogP contribution in [0.25, 0.3) is 0 Å². The van der Waals surface area contributed by atoms with Gasteiger partial charge in [0.2, 0.25) is 0 Å². The average Bonchev–Trinajstić information content (AvgIpc) is 2.62. The first-order valence-electron chi connectivity index (χ1n) is 6.67. The Morgan fingerprint density at radius 2 is 2.24 bits per heavy atom. The van der Waals surface area contributed by atoms with Crippen molar-refractivity contribution >= 4 is 0 Å². The number of hydrogen-bond donors (Lipinski definition) is 1. The second kappa shape index (κ2) is 5.69. The first kappa shape index (κ1) is 12.7. The van der Waals surface area contributed by atoms with Gasteiger partial charge < -0.3 is 9.73 Å². The summed E-state index contributed by atoms with van der Waals surface area (Å²) in [5, 5.41) is 3.45. The zero-order chi connectivity index (χ0) is 12.3. The number of hydrogen-bond acceptors (Lipinski definition) is 3. The van der Waals surface area contributed by atoms with E-state index in [1.807, 2.05) is 13.0 Å². The van der Waals surface area contributed by atoms with Gasteiger partial charge in [-0.1, -0.05) is 6.92 Å². The molecule has 0 amide bonds. The van der Waals surface area contributed by atoms with Gasteiger partial charge in [-0.15, -0.1) is 0 Å². The van der Waals surface area contributed by atoms with Crippen molar-refractivity contribution in [3.8, 4) is 0 Å². The van der Waals surface area contributed by atoms with Gasteiger partial charge in [0.1, 0.15) is 11.5 Å². The maximum absolute atomic E-state index is 5.63. The Balaban J connectivity index is 1.81. The second-order valence-electron chi connectivity index (χ2n) is 5.14. The van der Waals surface area contributed by atoms with Gasteiger partial charge in [0.25, 0.3) is 0 Å². The van der Waals surface area contributed by atoms with Crippen LogP contribution in [-0.2, 0) is 6.54 Å². The predicted molar refractivity (Wildman–Crippen MR) is 70.0 cm³/mol. The maximum Gasteiger partial charge on any atom is 0.118 e. The summed E-state index contributed by atoms with van der Waals surface area (Å²) in [5.74, 6) is 2.90. The Hall–Kier alpha value is -0.800. The van der Waals surface area contributed by atoms with Gasteiger partial charge in [0, 0.05) is 6.04 Å². The van der Waals surface area contributed by atoms with Crippen LogP contribution in [0.15, 0.2) is 16.5 Å². The Labute approximate surface area is 104 Å². The third kappa shape index (κ3) is 3.11. The summed E-state index contributed by atoms with van der Waals surface area (Å²) in [5.41, 5.74) is 0. The lowest BCUT2D eigenvalue weighted by molar-refractivity contribution is 0.0729. The third-order valence-electron chi connectivity index (χ3n) is 3.80. The molecule has 2 rings (SSSR count). The van der Waals surface area contributed by atoms with E-state index in [0.29, 0.717) is 0 Å². The monoisotopic (exact) mass is 236 g/mol. The van der Waals surface area contributed by atoms with E-state index in [1.54, 1.807) is 0 Å². The molecule has 1 aromatic rings. The minimum Gasteiger partial charge on any atom is -0.465 e. The molecule has 1 saturated carbocycles. The largest absolute Gasteiger partial charge is 0.465 e. The highest BCUT2D eigenvalue weighted by Gasteiger charge is 2.33.